The van der Waals surface area contributed by atoms with Crippen molar-refractivity contribution in [1.29, 1.82) is 0 Å². The fourth-order valence-corrected chi connectivity index (χ4v) is 0.701. The molecule has 58 valence electrons. The standard InChI is InChI=1S/C8H15NO/c1-4-7(3)9-8(5-2)6-10/h1,7-10H,5-6H2,2-3H3. The third-order valence-corrected chi connectivity index (χ3v) is 1.45. The summed E-state index contributed by atoms with van der Waals surface area (Å²) in [4.78, 5) is 0. The molecule has 0 amide bonds. The fourth-order valence-electron chi connectivity index (χ4n) is 0.701. The molecule has 0 aliphatic heterocycles. The van der Waals surface area contributed by atoms with E-state index in [-0.39, 0.29) is 18.7 Å². The van der Waals surface area contributed by atoms with Crippen LogP contribution in [0.3, 0.4) is 0 Å². The summed E-state index contributed by atoms with van der Waals surface area (Å²) in [5.41, 5.74) is 0. The van der Waals surface area contributed by atoms with Gasteiger partial charge in [0.05, 0.1) is 12.6 Å². The molecule has 0 aromatic heterocycles. The van der Waals surface area contributed by atoms with E-state index in [1.165, 1.54) is 0 Å². The average Bonchev–Trinajstić information content (AvgIpc) is 1.99. The van der Waals surface area contributed by atoms with Crippen LogP contribution in [0.5, 0.6) is 0 Å². The second kappa shape index (κ2) is 5.28. The molecule has 0 aliphatic rings. The van der Waals surface area contributed by atoms with Crippen molar-refractivity contribution in [2.45, 2.75) is 32.4 Å². The van der Waals surface area contributed by atoms with Crippen molar-refractivity contribution in [1.82, 2.24) is 5.32 Å². The van der Waals surface area contributed by atoms with E-state index >= 15 is 0 Å². The van der Waals surface area contributed by atoms with Crippen molar-refractivity contribution < 1.29 is 5.11 Å². The van der Waals surface area contributed by atoms with Gasteiger partial charge in [-0.1, -0.05) is 12.8 Å². The zero-order valence-electron chi connectivity index (χ0n) is 6.59. The highest BCUT2D eigenvalue weighted by Crippen LogP contribution is 1.90. The molecule has 2 heteroatoms. The minimum atomic E-state index is 0.0529. The van der Waals surface area contributed by atoms with Crippen molar-refractivity contribution in [3.63, 3.8) is 0 Å². The summed E-state index contributed by atoms with van der Waals surface area (Å²) in [5.74, 6) is 2.54. The zero-order valence-corrected chi connectivity index (χ0v) is 6.59. The zero-order chi connectivity index (χ0) is 7.98. The molecule has 0 saturated heterocycles. The Kier molecular flexibility index (Phi) is 5.00. The van der Waals surface area contributed by atoms with Crippen molar-refractivity contribution in [2.24, 2.45) is 0 Å². The van der Waals surface area contributed by atoms with Gasteiger partial charge in [0.2, 0.25) is 0 Å². The van der Waals surface area contributed by atoms with Gasteiger partial charge in [-0.3, -0.25) is 5.32 Å². The summed E-state index contributed by atoms with van der Waals surface area (Å²) < 4.78 is 0. The van der Waals surface area contributed by atoms with Crippen molar-refractivity contribution in [3.8, 4) is 12.3 Å². The molecule has 2 N–H and O–H groups in total. The van der Waals surface area contributed by atoms with Crippen molar-refractivity contribution in [2.75, 3.05) is 6.61 Å². The van der Waals surface area contributed by atoms with Gasteiger partial charge in [-0.05, 0) is 13.3 Å². The quantitative estimate of drug-likeness (QED) is 0.554. The van der Waals surface area contributed by atoms with E-state index in [0.29, 0.717) is 0 Å². The number of terminal acetylenes is 1. The van der Waals surface area contributed by atoms with Crippen LogP contribution in [0.4, 0.5) is 0 Å². The minimum absolute atomic E-state index is 0.0529. The van der Waals surface area contributed by atoms with Crippen LogP contribution in [-0.2, 0) is 0 Å². The molecular weight excluding hydrogens is 126 g/mol. The van der Waals surface area contributed by atoms with E-state index in [9.17, 15) is 0 Å². The van der Waals surface area contributed by atoms with Gasteiger partial charge in [0.1, 0.15) is 0 Å². The predicted molar refractivity (Wildman–Crippen MR) is 42.6 cm³/mol. The highest BCUT2D eigenvalue weighted by molar-refractivity contribution is 4.96. The fraction of sp³-hybridized carbons (Fsp3) is 0.750. The normalized spacial score (nSPS) is 15.8. The van der Waals surface area contributed by atoms with Crippen LogP contribution in [0.15, 0.2) is 0 Å². The molecule has 0 spiro atoms. The van der Waals surface area contributed by atoms with Crippen molar-refractivity contribution >= 4 is 0 Å². The lowest BCUT2D eigenvalue weighted by Gasteiger charge is -2.15. The molecule has 0 bridgehead atoms. The Morgan fingerprint density at radius 1 is 1.70 bits per heavy atom. The summed E-state index contributed by atoms with van der Waals surface area (Å²) in [6.07, 6.45) is 6.04. The van der Waals surface area contributed by atoms with Gasteiger partial charge in [0.15, 0.2) is 0 Å². The molecule has 10 heavy (non-hydrogen) atoms. The van der Waals surface area contributed by atoms with Crippen LogP contribution in [0, 0.1) is 12.3 Å². The first-order chi connectivity index (χ1) is 4.74. The van der Waals surface area contributed by atoms with E-state index in [1.54, 1.807) is 0 Å². The number of aliphatic hydroxyl groups excluding tert-OH is 1. The van der Waals surface area contributed by atoms with Crippen LogP contribution < -0.4 is 5.32 Å². The Bertz CT molecular complexity index is 113. The Morgan fingerprint density at radius 2 is 2.30 bits per heavy atom. The molecule has 2 unspecified atom stereocenters. The molecule has 0 heterocycles. The lowest BCUT2D eigenvalue weighted by Crippen LogP contribution is -2.37. The number of rotatable bonds is 4. The molecule has 0 rings (SSSR count). The van der Waals surface area contributed by atoms with Gasteiger partial charge in [-0.15, -0.1) is 6.42 Å². The molecule has 0 aromatic carbocycles. The molecule has 0 fully saturated rings. The van der Waals surface area contributed by atoms with Gasteiger partial charge >= 0.3 is 0 Å². The van der Waals surface area contributed by atoms with E-state index in [2.05, 4.69) is 11.2 Å². The SMILES string of the molecule is C#CC(C)NC(CC)CO. The van der Waals surface area contributed by atoms with Gasteiger partial charge in [0.25, 0.3) is 0 Å². The maximum absolute atomic E-state index is 8.74. The number of nitrogens with one attached hydrogen (secondary N) is 1. The Hall–Kier alpha value is -0.520. The third kappa shape index (κ3) is 3.49. The van der Waals surface area contributed by atoms with Gasteiger partial charge in [0, 0.05) is 6.04 Å². The van der Waals surface area contributed by atoms with Crippen LogP contribution in [0.25, 0.3) is 0 Å². The second-order valence-electron chi connectivity index (χ2n) is 2.34. The lowest BCUT2D eigenvalue weighted by atomic mass is 10.2. The molecule has 0 saturated carbocycles. The monoisotopic (exact) mass is 141 g/mol. The molecular formula is C8H15NO. The average molecular weight is 141 g/mol. The van der Waals surface area contributed by atoms with E-state index in [1.807, 2.05) is 13.8 Å². The summed E-state index contributed by atoms with van der Waals surface area (Å²) in [6, 6.07) is 0.197. The molecule has 0 aliphatic carbocycles. The maximum atomic E-state index is 8.74. The highest BCUT2D eigenvalue weighted by atomic mass is 16.3. The van der Waals surface area contributed by atoms with Crippen LogP contribution >= 0.6 is 0 Å². The van der Waals surface area contributed by atoms with Crippen molar-refractivity contribution in [3.05, 3.63) is 0 Å². The largest absolute Gasteiger partial charge is 0.395 e. The molecule has 0 aromatic rings. The van der Waals surface area contributed by atoms with E-state index in [4.69, 9.17) is 11.5 Å². The minimum Gasteiger partial charge on any atom is -0.395 e. The smallest absolute Gasteiger partial charge is 0.0661 e. The first-order valence-corrected chi connectivity index (χ1v) is 3.57. The predicted octanol–water partition coefficient (Wildman–Crippen LogP) is 0.369. The van der Waals surface area contributed by atoms with Gasteiger partial charge in [-0.2, -0.15) is 0 Å². The summed E-state index contributed by atoms with van der Waals surface area (Å²) in [5, 5.41) is 11.8. The summed E-state index contributed by atoms with van der Waals surface area (Å²) in [6.45, 7) is 4.07. The number of aliphatic hydroxyl groups is 1. The molecule has 2 atom stereocenters. The number of hydrogen-bond donors (Lipinski definition) is 2. The number of hydrogen-bond acceptors (Lipinski definition) is 2. The Labute approximate surface area is 62.6 Å². The van der Waals surface area contributed by atoms with Gasteiger partial charge < -0.3 is 5.11 Å². The van der Waals surface area contributed by atoms with Gasteiger partial charge in [-0.25, -0.2) is 0 Å². The molecule has 0 radical (unpaired) electrons. The second-order valence-corrected chi connectivity index (χ2v) is 2.34. The topological polar surface area (TPSA) is 32.3 Å². The van der Waals surface area contributed by atoms with E-state index < -0.39 is 0 Å². The lowest BCUT2D eigenvalue weighted by molar-refractivity contribution is 0.236. The Balaban J connectivity index is 3.54. The highest BCUT2D eigenvalue weighted by Gasteiger charge is 2.05. The first kappa shape index (κ1) is 9.48. The van der Waals surface area contributed by atoms with E-state index in [0.717, 1.165) is 6.42 Å². The van der Waals surface area contributed by atoms with Crippen LogP contribution in [-0.4, -0.2) is 23.8 Å². The Morgan fingerprint density at radius 3 is 2.60 bits per heavy atom. The first-order valence-electron chi connectivity index (χ1n) is 3.57. The van der Waals surface area contributed by atoms with Crippen LogP contribution in [0.1, 0.15) is 20.3 Å². The summed E-state index contributed by atoms with van der Waals surface area (Å²) in [7, 11) is 0. The third-order valence-electron chi connectivity index (χ3n) is 1.45. The van der Waals surface area contributed by atoms with Crippen LogP contribution in [0.2, 0.25) is 0 Å². The molecule has 2 nitrogen and oxygen atoms in total. The summed E-state index contributed by atoms with van der Waals surface area (Å²) >= 11 is 0. The maximum Gasteiger partial charge on any atom is 0.0661 e.